The summed E-state index contributed by atoms with van der Waals surface area (Å²) in [6.07, 6.45) is 5.78. The van der Waals surface area contributed by atoms with Crippen molar-refractivity contribution in [2.75, 3.05) is 7.11 Å². The minimum Gasteiger partial charge on any atom is -0.469 e. The Bertz CT molecular complexity index is 733. The fourth-order valence-corrected chi connectivity index (χ4v) is 1.94. The van der Waals surface area contributed by atoms with Gasteiger partial charge in [-0.3, -0.25) is 4.79 Å². The average Bonchev–Trinajstić information content (AvgIpc) is 2.97. The third kappa shape index (κ3) is 2.86. The van der Waals surface area contributed by atoms with Crippen molar-refractivity contribution in [1.82, 2.24) is 19.8 Å². The van der Waals surface area contributed by atoms with Crippen molar-refractivity contribution in [3.8, 4) is 11.4 Å². The molecule has 3 aromatic heterocycles. The van der Waals surface area contributed by atoms with Gasteiger partial charge in [-0.1, -0.05) is 0 Å². The van der Waals surface area contributed by atoms with Gasteiger partial charge in [0.1, 0.15) is 6.42 Å². The Kier molecular flexibility index (Phi) is 3.55. The first-order valence-electron chi connectivity index (χ1n) is 6.50. The number of aromatic nitrogens is 5. The molecule has 0 N–H and O–H groups in total. The van der Waals surface area contributed by atoms with Gasteiger partial charge in [0.05, 0.1) is 7.11 Å². The zero-order valence-electron chi connectivity index (χ0n) is 11.5. The number of rotatable bonds is 4. The molecule has 0 aliphatic carbocycles. The van der Waals surface area contributed by atoms with Gasteiger partial charge >= 0.3 is 5.97 Å². The van der Waals surface area contributed by atoms with Gasteiger partial charge < -0.3 is 4.74 Å². The Hall–Kier alpha value is -2.83. The van der Waals surface area contributed by atoms with Gasteiger partial charge in [-0.05, 0) is 12.1 Å². The Balaban J connectivity index is 1.78. The number of carbonyl (C=O) groups excluding carboxylic acids is 1. The number of methoxy groups -OCH3 is 1. The molecule has 0 radical (unpaired) electrons. The fourth-order valence-electron chi connectivity index (χ4n) is 1.94. The van der Waals surface area contributed by atoms with E-state index < -0.39 is 0 Å². The number of ether oxygens (including phenoxy) is 1. The first-order valence-corrected chi connectivity index (χ1v) is 6.50. The summed E-state index contributed by atoms with van der Waals surface area (Å²) in [5.41, 5.74) is 1.60. The van der Waals surface area contributed by atoms with E-state index in [1.54, 1.807) is 6.20 Å². The van der Waals surface area contributed by atoms with Crippen molar-refractivity contribution < 1.29 is 14.1 Å². The summed E-state index contributed by atoms with van der Waals surface area (Å²) in [7, 11) is 1.39. The van der Waals surface area contributed by atoms with E-state index in [1.165, 1.54) is 11.7 Å². The maximum atomic E-state index is 11.1. The molecule has 0 aliphatic rings. The quantitative estimate of drug-likeness (QED) is 0.519. The average molecular weight is 284 g/mol. The van der Waals surface area contributed by atoms with E-state index in [0.29, 0.717) is 24.4 Å². The summed E-state index contributed by atoms with van der Waals surface area (Å²) >= 11 is 0. The smallest absolute Gasteiger partial charge is 0.311 e. The summed E-state index contributed by atoms with van der Waals surface area (Å²) in [6, 6.07) is 7.49. The number of nitrogens with zero attached hydrogens (tertiary/aromatic N) is 5. The normalized spacial score (nSPS) is 10.7. The van der Waals surface area contributed by atoms with Gasteiger partial charge in [-0.25, -0.2) is 9.55 Å². The molecule has 0 aromatic carbocycles. The Morgan fingerprint density at radius 2 is 2.14 bits per heavy atom. The van der Waals surface area contributed by atoms with Crippen LogP contribution in [0, 0.1) is 0 Å². The molecule has 0 fully saturated rings. The van der Waals surface area contributed by atoms with E-state index in [0.717, 1.165) is 5.56 Å². The highest BCUT2D eigenvalue weighted by Gasteiger charge is 2.10. The molecular formula is C14H14N5O2+. The van der Waals surface area contributed by atoms with Crippen LogP contribution in [0.25, 0.3) is 17.0 Å². The number of hydrogen-bond acceptors (Lipinski definition) is 5. The minimum absolute atomic E-state index is 0.223. The van der Waals surface area contributed by atoms with Crippen LogP contribution in [0.2, 0.25) is 0 Å². The number of pyridine rings is 1. The Labute approximate surface area is 120 Å². The molecule has 7 heteroatoms. The zero-order valence-corrected chi connectivity index (χ0v) is 11.5. The van der Waals surface area contributed by atoms with Crippen LogP contribution in [0.5, 0.6) is 0 Å². The van der Waals surface area contributed by atoms with Gasteiger partial charge in [0.15, 0.2) is 30.4 Å². The molecule has 3 rings (SSSR count). The van der Waals surface area contributed by atoms with E-state index >= 15 is 0 Å². The molecule has 106 valence electrons. The molecule has 0 bridgehead atoms. The highest BCUT2D eigenvalue weighted by Crippen LogP contribution is 2.13. The van der Waals surface area contributed by atoms with Crippen molar-refractivity contribution in [2.45, 2.75) is 13.0 Å². The van der Waals surface area contributed by atoms with Crippen molar-refractivity contribution in [2.24, 2.45) is 0 Å². The lowest BCUT2D eigenvalue weighted by atomic mass is 10.2. The van der Waals surface area contributed by atoms with Crippen LogP contribution in [-0.4, -0.2) is 32.9 Å². The predicted octanol–water partition coefficient (Wildman–Crippen LogP) is 0.642. The van der Waals surface area contributed by atoms with Gasteiger partial charge in [0.25, 0.3) is 0 Å². The summed E-state index contributed by atoms with van der Waals surface area (Å²) in [5, 5.41) is 8.40. The Morgan fingerprint density at radius 1 is 1.33 bits per heavy atom. The number of hydrogen-bond donors (Lipinski definition) is 0. The van der Waals surface area contributed by atoms with Gasteiger partial charge in [-0.2, -0.15) is 5.10 Å². The molecule has 0 atom stereocenters. The molecule has 0 saturated heterocycles. The fraction of sp³-hybridized carbons (Fsp3) is 0.214. The standard InChI is InChI=1S/C14H14N5O2/c1-21-13(20)6-10-18-8-4-11(5-9-18)14-16-12-3-2-7-15-19(12)17-14/h2-5,7-9H,6,10H2,1H3/q+1. The van der Waals surface area contributed by atoms with Crippen LogP contribution in [0.1, 0.15) is 6.42 Å². The second-order valence-electron chi connectivity index (χ2n) is 4.46. The molecular weight excluding hydrogens is 270 g/mol. The van der Waals surface area contributed by atoms with E-state index in [2.05, 4.69) is 19.9 Å². The van der Waals surface area contributed by atoms with Crippen LogP contribution in [0.4, 0.5) is 0 Å². The summed E-state index contributed by atoms with van der Waals surface area (Å²) in [6.45, 7) is 0.576. The second-order valence-corrected chi connectivity index (χ2v) is 4.46. The molecule has 0 unspecified atom stereocenters. The lowest BCUT2D eigenvalue weighted by Gasteiger charge is -1.97. The van der Waals surface area contributed by atoms with Crippen LogP contribution >= 0.6 is 0 Å². The first kappa shape index (κ1) is 13.2. The van der Waals surface area contributed by atoms with Gasteiger partial charge in [0, 0.05) is 23.9 Å². The number of fused-ring (bicyclic) bond motifs is 1. The van der Waals surface area contributed by atoms with Gasteiger partial charge in [0.2, 0.25) is 0 Å². The van der Waals surface area contributed by atoms with Crippen molar-refractivity contribution in [3.63, 3.8) is 0 Å². The summed E-state index contributed by atoms with van der Waals surface area (Å²) in [4.78, 5) is 15.5. The van der Waals surface area contributed by atoms with Crippen molar-refractivity contribution in [1.29, 1.82) is 0 Å². The molecule has 0 saturated carbocycles. The van der Waals surface area contributed by atoms with E-state index in [-0.39, 0.29) is 5.97 Å². The first-order chi connectivity index (χ1) is 10.3. The van der Waals surface area contributed by atoms with Gasteiger partial charge in [-0.15, -0.1) is 9.73 Å². The largest absolute Gasteiger partial charge is 0.469 e. The number of esters is 1. The second kappa shape index (κ2) is 5.66. The highest BCUT2D eigenvalue weighted by molar-refractivity contribution is 5.68. The van der Waals surface area contributed by atoms with Crippen LogP contribution < -0.4 is 4.57 Å². The maximum Gasteiger partial charge on any atom is 0.311 e. The SMILES string of the molecule is COC(=O)CC[n+]1ccc(-c2nc3cccnn3n2)cc1. The molecule has 3 heterocycles. The third-order valence-corrected chi connectivity index (χ3v) is 3.07. The Morgan fingerprint density at radius 3 is 2.86 bits per heavy atom. The predicted molar refractivity (Wildman–Crippen MR) is 73.0 cm³/mol. The highest BCUT2D eigenvalue weighted by atomic mass is 16.5. The molecule has 0 spiro atoms. The summed E-state index contributed by atoms with van der Waals surface area (Å²) < 4.78 is 8.02. The molecule has 7 nitrogen and oxygen atoms in total. The third-order valence-electron chi connectivity index (χ3n) is 3.07. The molecule has 0 amide bonds. The zero-order chi connectivity index (χ0) is 14.7. The van der Waals surface area contributed by atoms with Crippen LogP contribution in [-0.2, 0) is 16.1 Å². The van der Waals surface area contributed by atoms with Crippen molar-refractivity contribution in [3.05, 3.63) is 42.9 Å². The summed E-state index contributed by atoms with van der Waals surface area (Å²) in [5.74, 6) is 0.397. The van der Waals surface area contributed by atoms with Crippen LogP contribution in [0.15, 0.2) is 42.9 Å². The van der Waals surface area contributed by atoms with E-state index in [9.17, 15) is 4.79 Å². The van der Waals surface area contributed by atoms with Crippen LogP contribution in [0.3, 0.4) is 0 Å². The number of aryl methyl sites for hydroxylation is 1. The monoisotopic (exact) mass is 284 g/mol. The minimum atomic E-state index is -0.223. The lowest BCUT2D eigenvalue weighted by Crippen LogP contribution is -2.33. The maximum absolute atomic E-state index is 11.1. The number of carbonyl (C=O) groups is 1. The molecule has 21 heavy (non-hydrogen) atoms. The van der Waals surface area contributed by atoms with Crippen molar-refractivity contribution >= 4 is 11.6 Å². The molecule has 0 aliphatic heterocycles. The van der Waals surface area contributed by atoms with E-state index in [1.807, 2.05) is 41.2 Å². The van der Waals surface area contributed by atoms with E-state index in [4.69, 9.17) is 0 Å². The molecule has 3 aromatic rings. The lowest BCUT2D eigenvalue weighted by molar-refractivity contribution is -0.695. The topological polar surface area (TPSA) is 73.3 Å².